The van der Waals surface area contributed by atoms with E-state index in [1.165, 1.54) is 12.8 Å². The molecule has 0 amide bonds. The minimum absolute atomic E-state index is 0.00742. The van der Waals surface area contributed by atoms with Gasteiger partial charge in [-0.2, -0.15) is 0 Å². The third-order valence-corrected chi connectivity index (χ3v) is 7.54. The number of esters is 1. The highest BCUT2D eigenvalue weighted by Crippen LogP contribution is 2.59. The maximum absolute atomic E-state index is 13.0. The van der Waals surface area contributed by atoms with E-state index < -0.39 is 0 Å². The SMILES string of the molecule is CC1CCC(C(C)C)C(OC(=O)C2C(COCc3ccc(Br)cc3)C2(C)C)C1. The molecule has 0 radical (unpaired) electrons. The first kappa shape index (κ1) is 21.8. The minimum atomic E-state index is -0.0394. The van der Waals surface area contributed by atoms with E-state index in [1.54, 1.807) is 0 Å². The van der Waals surface area contributed by atoms with E-state index in [0.717, 1.165) is 16.5 Å². The average Bonchev–Trinajstić information content (AvgIpc) is 3.17. The van der Waals surface area contributed by atoms with Crippen LogP contribution in [0.1, 0.15) is 59.4 Å². The average molecular weight is 451 g/mol. The Labute approximate surface area is 178 Å². The molecule has 0 N–H and O–H groups in total. The summed E-state index contributed by atoms with van der Waals surface area (Å²) in [5, 5.41) is 0. The lowest BCUT2D eigenvalue weighted by Crippen LogP contribution is -2.36. The first-order valence-electron chi connectivity index (χ1n) is 10.7. The third kappa shape index (κ3) is 4.99. The van der Waals surface area contributed by atoms with Gasteiger partial charge in [0, 0.05) is 10.4 Å². The number of rotatable bonds is 7. The van der Waals surface area contributed by atoms with Gasteiger partial charge in [-0.25, -0.2) is 0 Å². The van der Waals surface area contributed by atoms with E-state index in [1.807, 2.05) is 12.1 Å². The Hall–Kier alpha value is -0.870. The predicted molar refractivity (Wildman–Crippen MR) is 116 cm³/mol. The van der Waals surface area contributed by atoms with E-state index in [-0.39, 0.29) is 29.3 Å². The molecule has 0 spiro atoms. The molecule has 0 aliphatic heterocycles. The molecular formula is C24H35BrO3. The van der Waals surface area contributed by atoms with Crippen molar-refractivity contribution >= 4 is 21.9 Å². The highest BCUT2D eigenvalue weighted by atomic mass is 79.9. The Kier molecular flexibility index (Phi) is 6.92. The lowest BCUT2D eigenvalue weighted by molar-refractivity contribution is -0.158. The molecule has 0 aromatic heterocycles. The Morgan fingerprint density at radius 1 is 1.21 bits per heavy atom. The standard InChI is InChI=1S/C24H35BrO3/c1-15(2)19-11-6-16(3)12-21(19)28-23(26)22-20(24(22,4)5)14-27-13-17-7-9-18(25)10-8-17/h7-10,15-16,19-22H,6,11-14H2,1-5H3. The molecule has 28 heavy (non-hydrogen) atoms. The highest BCUT2D eigenvalue weighted by molar-refractivity contribution is 9.10. The van der Waals surface area contributed by atoms with Crippen LogP contribution in [0.2, 0.25) is 0 Å². The summed E-state index contributed by atoms with van der Waals surface area (Å²) in [5.41, 5.74) is 1.11. The molecule has 2 fully saturated rings. The second-order valence-electron chi connectivity index (χ2n) is 9.85. The summed E-state index contributed by atoms with van der Waals surface area (Å²) < 4.78 is 13.1. The zero-order valence-electron chi connectivity index (χ0n) is 17.9. The fourth-order valence-corrected chi connectivity index (χ4v) is 5.14. The predicted octanol–water partition coefficient (Wildman–Crippen LogP) is 6.24. The van der Waals surface area contributed by atoms with Crippen molar-refractivity contribution in [2.24, 2.45) is 35.0 Å². The van der Waals surface area contributed by atoms with Gasteiger partial charge in [0.1, 0.15) is 6.10 Å². The van der Waals surface area contributed by atoms with Gasteiger partial charge in [-0.3, -0.25) is 4.79 Å². The normalized spacial score (nSPS) is 31.6. The summed E-state index contributed by atoms with van der Waals surface area (Å²) in [4.78, 5) is 13.0. The summed E-state index contributed by atoms with van der Waals surface area (Å²) in [7, 11) is 0. The first-order valence-corrected chi connectivity index (χ1v) is 11.5. The van der Waals surface area contributed by atoms with Gasteiger partial charge in [0.05, 0.1) is 19.1 Å². The number of halogens is 1. The van der Waals surface area contributed by atoms with Crippen molar-refractivity contribution in [3.05, 3.63) is 34.3 Å². The van der Waals surface area contributed by atoms with Crippen LogP contribution in [0, 0.1) is 35.0 Å². The molecule has 2 saturated carbocycles. The third-order valence-electron chi connectivity index (χ3n) is 7.01. The molecular weight excluding hydrogens is 416 g/mol. The number of hydrogen-bond donors (Lipinski definition) is 0. The van der Waals surface area contributed by atoms with Crippen LogP contribution < -0.4 is 0 Å². The van der Waals surface area contributed by atoms with Crippen LogP contribution in [-0.4, -0.2) is 18.7 Å². The number of ether oxygens (including phenoxy) is 2. The van der Waals surface area contributed by atoms with Crippen molar-refractivity contribution in [1.82, 2.24) is 0 Å². The van der Waals surface area contributed by atoms with Crippen molar-refractivity contribution < 1.29 is 14.3 Å². The van der Waals surface area contributed by atoms with E-state index in [9.17, 15) is 4.79 Å². The van der Waals surface area contributed by atoms with Gasteiger partial charge >= 0.3 is 5.97 Å². The van der Waals surface area contributed by atoms with Crippen LogP contribution in [0.4, 0.5) is 0 Å². The molecule has 0 saturated heterocycles. The Morgan fingerprint density at radius 3 is 2.54 bits per heavy atom. The Balaban J connectivity index is 1.52. The second-order valence-corrected chi connectivity index (χ2v) is 10.8. The molecule has 5 unspecified atom stereocenters. The molecule has 1 aromatic rings. The highest BCUT2D eigenvalue weighted by Gasteiger charge is 2.63. The van der Waals surface area contributed by atoms with Crippen molar-refractivity contribution in [3.63, 3.8) is 0 Å². The van der Waals surface area contributed by atoms with E-state index in [4.69, 9.17) is 9.47 Å². The van der Waals surface area contributed by atoms with Gasteiger partial charge in [0.15, 0.2) is 0 Å². The van der Waals surface area contributed by atoms with Gasteiger partial charge in [0.2, 0.25) is 0 Å². The molecule has 1 aromatic carbocycles. The molecule has 0 heterocycles. The zero-order chi connectivity index (χ0) is 20.5. The van der Waals surface area contributed by atoms with Crippen LogP contribution in [0.15, 0.2) is 28.7 Å². The fourth-order valence-electron chi connectivity index (χ4n) is 4.88. The molecule has 5 atom stereocenters. The monoisotopic (exact) mass is 450 g/mol. The largest absolute Gasteiger partial charge is 0.462 e. The molecule has 0 bridgehead atoms. The van der Waals surface area contributed by atoms with Crippen molar-refractivity contribution in [2.75, 3.05) is 6.61 Å². The van der Waals surface area contributed by atoms with Crippen LogP contribution in [0.5, 0.6) is 0 Å². The van der Waals surface area contributed by atoms with E-state index in [0.29, 0.717) is 31.0 Å². The lowest BCUT2D eigenvalue weighted by Gasteiger charge is -2.36. The molecule has 2 aliphatic carbocycles. The molecule has 3 rings (SSSR count). The smallest absolute Gasteiger partial charge is 0.310 e. The van der Waals surface area contributed by atoms with E-state index >= 15 is 0 Å². The lowest BCUT2D eigenvalue weighted by atomic mass is 9.75. The maximum atomic E-state index is 13.0. The summed E-state index contributed by atoms with van der Waals surface area (Å²) >= 11 is 3.45. The van der Waals surface area contributed by atoms with Crippen LogP contribution in [0.25, 0.3) is 0 Å². The first-order chi connectivity index (χ1) is 13.2. The summed E-state index contributed by atoms with van der Waals surface area (Å²) in [6.45, 7) is 12.3. The quantitative estimate of drug-likeness (QED) is 0.460. The van der Waals surface area contributed by atoms with Crippen molar-refractivity contribution in [1.29, 1.82) is 0 Å². The van der Waals surface area contributed by atoms with Gasteiger partial charge in [-0.1, -0.05) is 69.1 Å². The topological polar surface area (TPSA) is 35.5 Å². The van der Waals surface area contributed by atoms with E-state index in [2.05, 4.69) is 62.7 Å². The summed E-state index contributed by atoms with van der Waals surface area (Å²) in [6, 6.07) is 8.17. The molecule has 2 aliphatic rings. The maximum Gasteiger partial charge on any atom is 0.310 e. The number of carbonyl (C=O) groups is 1. The van der Waals surface area contributed by atoms with Crippen molar-refractivity contribution in [2.45, 2.75) is 66.6 Å². The zero-order valence-corrected chi connectivity index (χ0v) is 19.5. The number of benzene rings is 1. The fraction of sp³-hybridized carbons (Fsp3) is 0.708. The molecule has 156 valence electrons. The van der Waals surface area contributed by atoms with Gasteiger partial charge in [0.25, 0.3) is 0 Å². The molecule has 4 heteroatoms. The van der Waals surface area contributed by atoms with Crippen LogP contribution in [0.3, 0.4) is 0 Å². The molecule has 3 nitrogen and oxygen atoms in total. The minimum Gasteiger partial charge on any atom is -0.462 e. The number of carbonyl (C=O) groups excluding carboxylic acids is 1. The van der Waals surface area contributed by atoms with Crippen molar-refractivity contribution in [3.8, 4) is 0 Å². The van der Waals surface area contributed by atoms with Gasteiger partial charge in [-0.05, 0) is 53.7 Å². The van der Waals surface area contributed by atoms with Gasteiger partial charge in [-0.15, -0.1) is 0 Å². The second kappa shape index (κ2) is 8.87. The van der Waals surface area contributed by atoms with Crippen LogP contribution >= 0.6 is 15.9 Å². The number of hydrogen-bond acceptors (Lipinski definition) is 3. The summed E-state index contributed by atoms with van der Waals surface area (Å²) in [5.74, 6) is 1.89. The summed E-state index contributed by atoms with van der Waals surface area (Å²) in [6.07, 6.45) is 3.51. The Bertz CT molecular complexity index is 667. The Morgan fingerprint density at radius 2 is 1.89 bits per heavy atom. The van der Waals surface area contributed by atoms with Crippen LogP contribution in [-0.2, 0) is 20.9 Å². The van der Waals surface area contributed by atoms with Gasteiger partial charge < -0.3 is 9.47 Å².